The highest BCUT2D eigenvalue weighted by molar-refractivity contribution is 5.76. The molecule has 1 heterocycles. The average molecular weight is 332 g/mol. The zero-order valence-corrected chi connectivity index (χ0v) is 15.1. The van der Waals surface area contributed by atoms with E-state index in [0.717, 1.165) is 44.0 Å². The molecular formula is C19H32N4O. The van der Waals surface area contributed by atoms with Crippen molar-refractivity contribution in [1.29, 1.82) is 0 Å². The van der Waals surface area contributed by atoms with Gasteiger partial charge in [-0.3, -0.25) is 4.79 Å². The molecule has 0 bridgehead atoms. The summed E-state index contributed by atoms with van der Waals surface area (Å²) >= 11 is 0. The van der Waals surface area contributed by atoms with E-state index >= 15 is 0 Å². The first-order valence-electron chi connectivity index (χ1n) is 9.01. The van der Waals surface area contributed by atoms with Gasteiger partial charge >= 0.3 is 0 Å². The monoisotopic (exact) mass is 332 g/mol. The fourth-order valence-corrected chi connectivity index (χ4v) is 3.11. The molecule has 5 nitrogen and oxygen atoms in total. The largest absolute Gasteiger partial charge is 0.399 e. The van der Waals surface area contributed by atoms with Gasteiger partial charge in [0.1, 0.15) is 0 Å². The minimum Gasteiger partial charge on any atom is -0.399 e. The molecule has 1 amide bonds. The molecule has 1 saturated heterocycles. The third-order valence-corrected chi connectivity index (χ3v) is 4.83. The van der Waals surface area contributed by atoms with Crippen LogP contribution in [0.3, 0.4) is 0 Å². The van der Waals surface area contributed by atoms with Crippen molar-refractivity contribution in [3.63, 3.8) is 0 Å². The molecule has 1 aromatic rings. The summed E-state index contributed by atoms with van der Waals surface area (Å²) in [5.74, 6) is 0.750. The van der Waals surface area contributed by atoms with Gasteiger partial charge in [0.05, 0.1) is 0 Å². The molecule has 0 spiro atoms. The molecule has 1 aliphatic rings. The predicted octanol–water partition coefficient (Wildman–Crippen LogP) is 1.59. The van der Waals surface area contributed by atoms with Crippen molar-refractivity contribution >= 4 is 11.6 Å². The third-order valence-electron chi connectivity index (χ3n) is 4.83. The molecule has 5 heteroatoms. The highest BCUT2D eigenvalue weighted by Crippen LogP contribution is 2.16. The van der Waals surface area contributed by atoms with Gasteiger partial charge in [-0.1, -0.05) is 18.2 Å². The molecule has 1 fully saturated rings. The molecule has 0 radical (unpaired) electrons. The highest BCUT2D eigenvalue weighted by Gasteiger charge is 2.19. The Balaban J connectivity index is 1.60. The second kappa shape index (κ2) is 9.64. The quantitative estimate of drug-likeness (QED) is 0.710. The van der Waals surface area contributed by atoms with Crippen LogP contribution in [0.15, 0.2) is 24.3 Å². The van der Waals surface area contributed by atoms with Crippen molar-refractivity contribution in [1.82, 2.24) is 15.1 Å². The number of carbonyl (C=O) groups excluding carboxylic acids is 1. The minimum atomic E-state index is 0.133. The number of carbonyl (C=O) groups is 1. The number of anilines is 1. The molecule has 2 rings (SSSR count). The van der Waals surface area contributed by atoms with Crippen molar-refractivity contribution in [2.75, 3.05) is 52.6 Å². The number of likely N-dealkylation sites (tertiary alicyclic amines) is 1. The van der Waals surface area contributed by atoms with Gasteiger partial charge in [-0.05, 0) is 64.0 Å². The molecule has 1 aromatic carbocycles. The summed E-state index contributed by atoms with van der Waals surface area (Å²) in [6.07, 6.45) is 3.58. The normalized spacial score (nSPS) is 16.5. The van der Waals surface area contributed by atoms with Crippen molar-refractivity contribution in [3.05, 3.63) is 29.8 Å². The van der Waals surface area contributed by atoms with Crippen LogP contribution < -0.4 is 11.1 Å². The maximum absolute atomic E-state index is 12.0. The van der Waals surface area contributed by atoms with Crippen LogP contribution in [0.5, 0.6) is 0 Å². The number of nitrogens with two attached hydrogens (primary N) is 1. The Morgan fingerprint density at radius 2 is 2.00 bits per heavy atom. The van der Waals surface area contributed by atoms with Gasteiger partial charge in [0, 0.05) is 31.7 Å². The lowest BCUT2D eigenvalue weighted by Crippen LogP contribution is -2.41. The van der Waals surface area contributed by atoms with Crippen LogP contribution in [0.25, 0.3) is 0 Å². The number of aryl methyl sites for hydroxylation is 1. The number of nitrogens with one attached hydrogen (secondary N) is 1. The second-order valence-corrected chi connectivity index (χ2v) is 7.09. The highest BCUT2D eigenvalue weighted by atomic mass is 16.1. The van der Waals surface area contributed by atoms with Crippen molar-refractivity contribution in [2.24, 2.45) is 5.92 Å². The van der Waals surface area contributed by atoms with Crippen LogP contribution in [-0.4, -0.2) is 62.5 Å². The Bertz CT molecular complexity index is 510. The van der Waals surface area contributed by atoms with E-state index in [1.807, 2.05) is 24.3 Å². The van der Waals surface area contributed by atoms with Gasteiger partial charge in [-0.25, -0.2) is 0 Å². The Labute approximate surface area is 146 Å². The number of benzene rings is 1. The average Bonchev–Trinajstić information content (AvgIpc) is 2.58. The molecular weight excluding hydrogens is 300 g/mol. The summed E-state index contributed by atoms with van der Waals surface area (Å²) in [6, 6.07) is 7.76. The molecule has 0 saturated carbocycles. The fourth-order valence-electron chi connectivity index (χ4n) is 3.11. The summed E-state index contributed by atoms with van der Waals surface area (Å²) in [4.78, 5) is 16.8. The lowest BCUT2D eigenvalue weighted by molar-refractivity contribution is -0.121. The van der Waals surface area contributed by atoms with Crippen LogP contribution in [-0.2, 0) is 11.2 Å². The predicted molar refractivity (Wildman–Crippen MR) is 99.9 cm³/mol. The summed E-state index contributed by atoms with van der Waals surface area (Å²) in [7, 11) is 4.23. The van der Waals surface area contributed by atoms with Gasteiger partial charge in [0.25, 0.3) is 0 Å². The number of amides is 1. The number of nitrogen functional groups attached to an aromatic ring is 1. The van der Waals surface area contributed by atoms with Crippen LogP contribution in [0.4, 0.5) is 5.69 Å². The molecule has 24 heavy (non-hydrogen) atoms. The van der Waals surface area contributed by atoms with Crippen molar-refractivity contribution in [2.45, 2.75) is 25.7 Å². The summed E-state index contributed by atoms with van der Waals surface area (Å²) in [5, 5.41) is 3.10. The standard InChI is InChI=1S/C19H32N4O/c1-22(2)13-14-23-11-9-16(10-12-23)15-21-19(24)8-7-17-5-3-4-6-18(17)20/h3-6,16H,7-15,20H2,1-2H3,(H,21,24). The molecule has 1 aliphatic heterocycles. The lowest BCUT2D eigenvalue weighted by Gasteiger charge is -2.32. The summed E-state index contributed by atoms with van der Waals surface area (Å²) in [6.45, 7) is 5.36. The molecule has 0 atom stereocenters. The van der Waals surface area contributed by atoms with Gasteiger partial charge in [-0.15, -0.1) is 0 Å². The Kier molecular flexibility index (Phi) is 7.53. The van der Waals surface area contributed by atoms with E-state index in [1.165, 1.54) is 12.8 Å². The molecule has 3 N–H and O–H groups in total. The number of hydrogen-bond acceptors (Lipinski definition) is 4. The maximum atomic E-state index is 12.0. The third kappa shape index (κ3) is 6.49. The van der Waals surface area contributed by atoms with Crippen LogP contribution >= 0.6 is 0 Å². The van der Waals surface area contributed by atoms with Gasteiger partial charge in [0.15, 0.2) is 0 Å². The SMILES string of the molecule is CN(C)CCN1CCC(CNC(=O)CCc2ccccc2N)CC1. The van der Waals surface area contributed by atoms with Crippen LogP contribution in [0.2, 0.25) is 0 Å². The molecule has 0 unspecified atom stereocenters. The van der Waals surface area contributed by atoms with Crippen molar-refractivity contribution in [3.8, 4) is 0 Å². The number of para-hydroxylation sites is 1. The van der Waals surface area contributed by atoms with Gasteiger partial charge < -0.3 is 20.9 Å². The summed E-state index contributed by atoms with van der Waals surface area (Å²) < 4.78 is 0. The number of hydrogen-bond donors (Lipinski definition) is 2. The van der Waals surface area contributed by atoms with E-state index < -0.39 is 0 Å². The maximum Gasteiger partial charge on any atom is 0.220 e. The molecule has 0 aliphatic carbocycles. The van der Waals surface area contributed by atoms with E-state index in [9.17, 15) is 4.79 Å². The Hall–Kier alpha value is -1.59. The molecule has 0 aromatic heterocycles. The van der Waals surface area contributed by atoms with Crippen molar-refractivity contribution < 1.29 is 4.79 Å². The van der Waals surface area contributed by atoms with Gasteiger partial charge in [0.2, 0.25) is 5.91 Å². The number of piperidine rings is 1. The first-order valence-corrected chi connectivity index (χ1v) is 9.01. The van der Waals surface area contributed by atoms with E-state index in [2.05, 4.69) is 29.2 Å². The topological polar surface area (TPSA) is 61.6 Å². The van der Waals surface area contributed by atoms with E-state index in [1.54, 1.807) is 0 Å². The number of nitrogens with zero attached hydrogens (tertiary/aromatic N) is 2. The van der Waals surface area contributed by atoms with Crippen LogP contribution in [0.1, 0.15) is 24.8 Å². The second-order valence-electron chi connectivity index (χ2n) is 7.09. The number of rotatable bonds is 8. The first kappa shape index (κ1) is 18.7. The van der Waals surface area contributed by atoms with Crippen LogP contribution in [0, 0.1) is 5.92 Å². The van der Waals surface area contributed by atoms with E-state index in [0.29, 0.717) is 18.8 Å². The number of likely N-dealkylation sites (N-methyl/N-ethyl adjacent to an activating group) is 1. The smallest absolute Gasteiger partial charge is 0.220 e. The Morgan fingerprint density at radius 1 is 1.29 bits per heavy atom. The molecule has 134 valence electrons. The van der Waals surface area contributed by atoms with E-state index in [4.69, 9.17) is 5.73 Å². The lowest BCUT2D eigenvalue weighted by atomic mass is 9.96. The summed E-state index contributed by atoms with van der Waals surface area (Å²) in [5.41, 5.74) is 7.75. The first-order chi connectivity index (χ1) is 11.5. The minimum absolute atomic E-state index is 0.133. The van der Waals surface area contributed by atoms with E-state index in [-0.39, 0.29) is 5.91 Å². The zero-order chi connectivity index (χ0) is 17.4. The Morgan fingerprint density at radius 3 is 2.67 bits per heavy atom. The fraction of sp³-hybridized carbons (Fsp3) is 0.632. The zero-order valence-electron chi connectivity index (χ0n) is 15.1. The van der Waals surface area contributed by atoms with Gasteiger partial charge in [-0.2, -0.15) is 0 Å².